The van der Waals surface area contributed by atoms with Crippen molar-refractivity contribution in [2.75, 3.05) is 32.7 Å². The second-order valence-electron chi connectivity index (χ2n) is 16.3. The van der Waals surface area contributed by atoms with Crippen LogP contribution >= 0.6 is 11.3 Å². The first-order chi connectivity index (χ1) is 23.0. The van der Waals surface area contributed by atoms with E-state index in [-0.39, 0.29) is 45.9 Å². The Bertz CT molecular complexity index is 1820. The third kappa shape index (κ3) is 4.03. The fourth-order valence-corrected chi connectivity index (χ4v) is 12.9. The van der Waals surface area contributed by atoms with Crippen molar-refractivity contribution in [2.45, 2.75) is 70.5 Å². The van der Waals surface area contributed by atoms with Gasteiger partial charge >= 0.3 is 0 Å². The average Bonchev–Trinajstić information content (AvgIpc) is 3.83. The quantitative estimate of drug-likeness (QED) is 0.232. The fraction of sp³-hybridized carbons (Fsp3) is 0.550. The number of rotatable bonds is 5. The molecular formula is C40H46N2O5S. The number of aliphatic hydroxyl groups excluding tert-OH is 1. The lowest BCUT2D eigenvalue weighted by Crippen LogP contribution is -2.67. The lowest BCUT2D eigenvalue weighted by molar-refractivity contribution is -0.176. The van der Waals surface area contributed by atoms with Crippen LogP contribution in [0.15, 0.2) is 76.9 Å². The molecule has 1 aliphatic heterocycles. The number of amides is 1. The van der Waals surface area contributed by atoms with Crippen LogP contribution in [0.3, 0.4) is 0 Å². The Kier molecular flexibility index (Phi) is 6.77. The molecule has 0 radical (unpaired) electrons. The zero-order valence-electron chi connectivity index (χ0n) is 28.0. The number of hydrogen-bond donors (Lipinski definition) is 2. The van der Waals surface area contributed by atoms with Gasteiger partial charge in [-0.3, -0.25) is 14.5 Å². The van der Waals surface area contributed by atoms with E-state index >= 15 is 0 Å². The monoisotopic (exact) mass is 666 g/mol. The number of benzene rings is 1. The van der Waals surface area contributed by atoms with Crippen molar-refractivity contribution in [1.82, 2.24) is 9.80 Å². The summed E-state index contributed by atoms with van der Waals surface area (Å²) in [6.07, 6.45) is 14.1. The van der Waals surface area contributed by atoms with Crippen molar-refractivity contribution in [1.29, 1.82) is 0 Å². The first kappa shape index (κ1) is 31.0. The van der Waals surface area contributed by atoms with Crippen molar-refractivity contribution >= 4 is 33.1 Å². The van der Waals surface area contributed by atoms with E-state index in [0.717, 1.165) is 52.6 Å². The Labute approximate surface area is 286 Å². The molecular weight excluding hydrogens is 621 g/mol. The van der Waals surface area contributed by atoms with Crippen LogP contribution in [0.1, 0.15) is 79.0 Å². The highest BCUT2D eigenvalue weighted by Crippen LogP contribution is 2.78. The number of thiophene rings is 1. The van der Waals surface area contributed by atoms with Gasteiger partial charge in [-0.05, 0) is 91.8 Å². The predicted octanol–water partition coefficient (Wildman–Crippen LogP) is 6.73. The minimum Gasteiger partial charge on any atom is -0.459 e. The number of aliphatic hydroxyl groups is 2. The maximum Gasteiger partial charge on any atom is 0.289 e. The highest BCUT2D eigenvalue weighted by Gasteiger charge is 2.74. The summed E-state index contributed by atoms with van der Waals surface area (Å²) in [5.74, 6) is 0.823. The molecule has 1 amide bonds. The van der Waals surface area contributed by atoms with Crippen LogP contribution in [0.4, 0.5) is 0 Å². The van der Waals surface area contributed by atoms with Gasteiger partial charge in [0.1, 0.15) is 0 Å². The maximum absolute atomic E-state index is 14.9. The highest BCUT2D eigenvalue weighted by atomic mass is 32.1. The van der Waals surface area contributed by atoms with E-state index in [1.807, 2.05) is 17.0 Å². The zero-order chi connectivity index (χ0) is 33.1. The minimum atomic E-state index is -0.903. The second kappa shape index (κ2) is 10.5. The van der Waals surface area contributed by atoms with E-state index in [9.17, 15) is 19.8 Å². The number of Topliss-reactive ketones (excluding diaryl/α,β-unsaturated/α-hetero) is 1. The smallest absolute Gasteiger partial charge is 0.289 e. The number of ketones is 1. The number of nitrogens with zero attached hydrogens (tertiary/aromatic N) is 2. The summed E-state index contributed by atoms with van der Waals surface area (Å²) in [4.78, 5) is 32.8. The van der Waals surface area contributed by atoms with Gasteiger partial charge in [0.25, 0.3) is 5.91 Å². The normalized spacial score (nSPS) is 40.4. The van der Waals surface area contributed by atoms with Crippen molar-refractivity contribution in [3.63, 3.8) is 0 Å². The molecule has 3 saturated carbocycles. The summed E-state index contributed by atoms with van der Waals surface area (Å²) in [7, 11) is 0. The number of allylic oxidation sites excluding steroid dienone is 4. The van der Waals surface area contributed by atoms with Gasteiger partial charge in [0.2, 0.25) is 0 Å². The molecule has 4 fully saturated rings. The van der Waals surface area contributed by atoms with Crippen molar-refractivity contribution in [3.05, 3.63) is 83.2 Å². The zero-order valence-corrected chi connectivity index (χ0v) is 28.8. The van der Waals surface area contributed by atoms with Crippen LogP contribution in [-0.2, 0) is 0 Å². The molecule has 48 heavy (non-hydrogen) atoms. The third-order valence-electron chi connectivity index (χ3n) is 14.5. The van der Waals surface area contributed by atoms with Crippen molar-refractivity contribution < 1.29 is 24.2 Å². The van der Waals surface area contributed by atoms with Crippen LogP contribution in [0.2, 0.25) is 0 Å². The first-order valence-corrected chi connectivity index (χ1v) is 18.8. The van der Waals surface area contributed by atoms with Crippen molar-refractivity contribution in [3.8, 4) is 0 Å². The van der Waals surface area contributed by atoms with E-state index in [1.54, 1.807) is 23.5 Å². The van der Waals surface area contributed by atoms with Gasteiger partial charge in [-0.25, -0.2) is 0 Å². The van der Waals surface area contributed by atoms with Gasteiger partial charge in [-0.2, -0.15) is 0 Å². The van der Waals surface area contributed by atoms with Crippen LogP contribution in [-0.4, -0.2) is 76.1 Å². The molecule has 2 N–H and O–H groups in total. The summed E-state index contributed by atoms with van der Waals surface area (Å²) in [5, 5.41) is 24.9. The van der Waals surface area contributed by atoms with E-state index in [1.165, 1.54) is 6.26 Å². The van der Waals surface area contributed by atoms with E-state index in [0.29, 0.717) is 51.3 Å². The number of carbonyl (C=O) groups is 2. The van der Waals surface area contributed by atoms with Gasteiger partial charge in [0.15, 0.2) is 11.5 Å². The lowest BCUT2D eigenvalue weighted by atomic mass is 9.32. The Morgan fingerprint density at radius 1 is 0.938 bits per heavy atom. The topological polar surface area (TPSA) is 94.2 Å². The molecule has 7 aliphatic rings. The molecule has 252 valence electrons. The van der Waals surface area contributed by atoms with E-state index < -0.39 is 11.0 Å². The number of fused-ring (bicyclic) bond motifs is 2. The van der Waals surface area contributed by atoms with Gasteiger partial charge in [-0.1, -0.05) is 50.3 Å². The Balaban J connectivity index is 1.06. The molecule has 1 aromatic carbocycles. The van der Waals surface area contributed by atoms with Crippen LogP contribution in [0, 0.1) is 33.5 Å². The molecule has 8 atom stereocenters. The van der Waals surface area contributed by atoms with Crippen LogP contribution in [0.5, 0.6) is 0 Å². The largest absolute Gasteiger partial charge is 0.459 e. The molecule has 3 aromatic rings. The van der Waals surface area contributed by atoms with Gasteiger partial charge in [0.05, 0.1) is 22.8 Å². The maximum atomic E-state index is 14.9. The minimum absolute atomic E-state index is 0.0518. The van der Waals surface area contributed by atoms with Gasteiger partial charge < -0.3 is 19.5 Å². The molecule has 6 aliphatic carbocycles. The molecule has 2 aromatic heterocycles. The number of carbonyl (C=O) groups excluding carboxylic acids is 2. The molecule has 10 rings (SSSR count). The Hall–Kier alpha value is -3.04. The second-order valence-corrected chi connectivity index (χ2v) is 17.4. The number of piperazine rings is 1. The average molecular weight is 667 g/mol. The highest BCUT2D eigenvalue weighted by molar-refractivity contribution is 7.21. The van der Waals surface area contributed by atoms with E-state index in [2.05, 4.69) is 55.2 Å². The number of β-amino-alcohol motifs (C(OH)–C–C–N with tert-alkyl or cyclic N) is 1. The molecule has 2 bridgehead atoms. The summed E-state index contributed by atoms with van der Waals surface area (Å²) < 4.78 is 6.48. The molecule has 2 spiro atoms. The molecule has 7 nitrogen and oxygen atoms in total. The van der Waals surface area contributed by atoms with Gasteiger partial charge in [0, 0.05) is 59.2 Å². The first-order valence-electron chi connectivity index (χ1n) is 17.9. The standard InChI is InChI=1S/C40H46N2O5S/c1-36-12-9-27(43)23-38(36)15-16-40(28(24-38)34(44)31-22-26-6-3-4-8-30(26)48-31)32(36)10-13-37(2)33(40)11-14-39(37,46)25-41-17-19-42(20-18-41)35(45)29-7-5-21-47-29/h3-8,15-16,21-22,24,27,32-33,43,46H,9-14,17-20,23,25H2,1-2H3/t27?,32-,33-,36-,37+,38+,39-,40-/m1/s1. The summed E-state index contributed by atoms with van der Waals surface area (Å²) in [6, 6.07) is 13.8. The van der Waals surface area contributed by atoms with Gasteiger partial charge in [-0.15, -0.1) is 11.3 Å². The summed E-state index contributed by atoms with van der Waals surface area (Å²) >= 11 is 1.58. The Morgan fingerprint density at radius 3 is 2.46 bits per heavy atom. The molecule has 1 unspecified atom stereocenters. The van der Waals surface area contributed by atoms with Crippen molar-refractivity contribution in [2.24, 2.45) is 33.5 Å². The SMILES string of the molecule is C[C@]12CC[C@H]3[C@]4(C=C[C@@]5(C=C4C(=O)c4cc6ccccc6s4)CC(O)CC[C@]35C)[C@@H]1CC[C@@]2(O)CN1CCN(C(=O)c2ccco2)CC1. The third-order valence-corrected chi connectivity index (χ3v) is 15.6. The predicted molar refractivity (Wildman–Crippen MR) is 186 cm³/mol. The summed E-state index contributed by atoms with van der Waals surface area (Å²) in [6.45, 7) is 7.95. The van der Waals surface area contributed by atoms with Crippen LogP contribution < -0.4 is 0 Å². The lowest BCUT2D eigenvalue weighted by Gasteiger charge is -2.71. The Morgan fingerprint density at radius 2 is 1.69 bits per heavy atom. The molecule has 8 heteroatoms. The molecule has 3 heterocycles. The number of hydrogen-bond acceptors (Lipinski definition) is 7. The summed E-state index contributed by atoms with van der Waals surface area (Å²) in [5.41, 5.74) is -1.22. The fourth-order valence-electron chi connectivity index (χ4n) is 11.9. The number of furan rings is 1. The van der Waals surface area contributed by atoms with E-state index in [4.69, 9.17) is 4.42 Å². The van der Waals surface area contributed by atoms with Crippen LogP contribution in [0.25, 0.3) is 10.1 Å². The molecule has 1 saturated heterocycles.